The zero-order chi connectivity index (χ0) is 17.1. The number of aromatic nitrogens is 1. The number of para-hydroxylation sites is 1. The largest absolute Gasteiger partial charge is 0.481 e. The number of aryl methyl sites for hydroxylation is 1. The average Bonchev–Trinajstić information content (AvgIpc) is 2.58. The van der Waals surface area contributed by atoms with Gasteiger partial charge in [-0.05, 0) is 43.3 Å². The molecule has 2 heterocycles. The van der Waals surface area contributed by atoms with Crippen molar-refractivity contribution in [1.82, 2.24) is 9.47 Å². The number of piperidine rings is 1. The lowest BCUT2D eigenvalue weighted by Crippen LogP contribution is -2.40. The molecule has 0 spiro atoms. The Morgan fingerprint density at radius 3 is 2.88 bits per heavy atom. The van der Waals surface area contributed by atoms with Crippen LogP contribution in [0, 0.1) is 0 Å². The molecule has 24 heavy (non-hydrogen) atoms. The third kappa shape index (κ3) is 3.51. The van der Waals surface area contributed by atoms with E-state index in [9.17, 15) is 9.59 Å². The quantitative estimate of drug-likeness (QED) is 0.917. The summed E-state index contributed by atoms with van der Waals surface area (Å²) in [7, 11) is 1.81. The molecule has 0 radical (unpaired) electrons. The Labute approximate surface area is 141 Å². The maximum absolute atomic E-state index is 12.7. The van der Waals surface area contributed by atoms with E-state index in [0.29, 0.717) is 13.0 Å². The van der Waals surface area contributed by atoms with Gasteiger partial charge in [0.15, 0.2) is 0 Å². The van der Waals surface area contributed by atoms with Crippen LogP contribution in [-0.2, 0) is 18.4 Å². The van der Waals surface area contributed by atoms with E-state index in [1.54, 1.807) is 4.57 Å². The lowest BCUT2D eigenvalue weighted by Gasteiger charge is -2.35. The number of hydrogen-bond acceptors (Lipinski definition) is 3. The van der Waals surface area contributed by atoms with Crippen molar-refractivity contribution in [1.29, 1.82) is 0 Å². The molecule has 0 aliphatic carbocycles. The first-order valence-corrected chi connectivity index (χ1v) is 8.60. The van der Waals surface area contributed by atoms with Gasteiger partial charge in [-0.3, -0.25) is 14.5 Å². The molecule has 1 N–H and O–H groups in total. The van der Waals surface area contributed by atoms with E-state index in [4.69, 9.17) is 5.11 Å². The number of nitrogens with zero attached hydrogens (tertiary/aromatic N) is 2. The van der Waals surface area contributed by atoms with Crippen LogP contribution in [0.3, 0.4) is 0 Å². The van der Waals surface area contributed by atoms with Crippen molar-refractivity contribution >= 4 is 16.9 Å². The van der Waals surface area contributed by atoms with Gasteiger partial charge in [-0.25, -0.2) is 0 Å². The zero-order valence-electron chi connectivity index (χ0n) is 14.1. The van der Waals surface area contributed by atoms with Gasteiger partial charge in [0, 0.05) is 31.6 Å². The fourth-order valence-corrected chi connectivity index (χ4v) is 3.71. The molecular weight excluding hydrogens is 304 g/mol. The minimum Gasteiger partial charge on any atom is -0.481 e. The Morgan fingerprint density at radius 2 is 2.08 bits per heavy atom. The van der Waals surface area contributed by atoms with E-state index >= 15 is 0 Å². The maximum Gasteiger partial charge on any atom is 0.303 e. The molecule has 1 atom stereocenters. The number of likely N-dealkylation sites (tertiary alicyclic amines) is 1. The SMILES string of the molecule is Cn1c(=O)c(CN2CCCC[C@@H]2CCC(=O)O)cc2ccccc21. The summed E-state index contributed by atoms with van der Waals surface area (Å²) in [6.07, 6.45) is 4.11. The second-order valence-corrected chi connectivity index (χ2v) is 6.65. The summed E-state index contributed by atoms with van der Waals surface area (Å²) >= 11 is 0. The molecule has 5 heteroatoms. The fraction of sp³-hybridized carbons (Fsp3) is 0.474. The van der Waals surface area contributed by atoms with Gasteiger partial charge >= 0.3 is 5.97 Å². The van der Waals surface area contributed by atoms with Crippen molar-refractivity contribution in [3.63, 3.8) is 0 Å². The molecule has 0 bridgehead atoms. The molecule has 3 rings (SSSR count). The normalized spacial score (nSPS) is 18.8. The van der Waals surface area contributed by atoms with Crippen molar-refractivity contribution in [2.45, 2.75) is 44.7 Å². The first-order valence-electron chi connectivity index (χ1n) is 8.60. The van der Waals surface area contributed by atoms with Crippen molar-refractivity contribution in [2.75, 3.05) is 6.54 Å². The fourth-order valence-electron chi connectivity index (χ4n) is 3.71. The molecule has 1 aromatic carbocycles. The molecule has 1 aliphatic rings. The predicted octanol–water partition coefficient (Wildman–Crippen LogP) is 2.76. The van der Waals surface area contributed by atoms with Crippen LogP contribution in [0.2, 0.25) is 0 Å². The number of rotatable bonds is 5. The predicted molar refractivity (Wildman–Crippen MR) is 94.1 cm³/mol. The van der Waals surface area contributed by atoms with Crippen molar-refractivity contribution in [2.24, 2.45) is 7.05 Å². The summed E-state index contributed by atoms with van der Waals surface area (Å²) in [6.45, 7) is 1.53. The summed E-state index contributed by atoms with van der Waals surface area (Å²) in [4.78, 5) is 25.8. The Bertz CT molecular complexity index is 797. The van der Waals surface area contributed by atoms with Crippen LogP contribution in [0.5, 0.6) is 0 Å². The molecule has 0 unspecified atom stereocenters. The topological polar surface area (TPSA) is 62.5 Å². The first kappa shape index (κ1) is 16.7. The van der Waals surface area contributed by atoms with Gasteiger partial charge in [-0.1, -0.05) is 24.6 Å². The zero-order valence-corrected chi connectivity index (χ0v) is 14.1. The number of benzene rings is 1. The van der Waals surface area contributed by atoms with Gasteiger partial charge < -0.3 is 9.67 Å². The molecule has 0 amide bonds. The Hall–Kier alpha value is -2.14. The molecule has 1 saturated heterocycles. The van der Waals surface area contributed by atoms with Crippen molar-refractivity contribution < 1.29 is 9.90 Å². The molecule has 5 nitrogen and oxygen atoms in total. The number of carboxylic acids is 1. The highest BCUT2D eigenvalue weighted by Crippen LogP contribution is 2.23. The number of aliphatic carboxylic acids is 1. The minimum atomic E-state index is -0.748. The van der Waals surface area contributed by atoms with Crippen LogP contribution in [-0.4, -0.2) is 33.1 Å². The van der Waals surface area contributed by atoms with Crippen LogP contribution >= 0.6 is 0 Å². The van der Waals surface area contributed by atoms with Crippen molar-refractivity contribution in [3.05, 3.63) is 46.2 Å². The maximum atomic E-state index is 12.7. The monoisotopic (exact) mass is 328 g/mol. The van der Waals surface area contributed by atoms with Crippen LogP contribution in [0.4, 0.5) is 0 Å². The minimum absolute atomic E-state index is 0.0382. The lowest BCUT2D eigenvalue weighted by atomic mass is 9.97. The Balaban J connectivity index is 1.86. The average molecular weight is 328 g/mol. The van der Waals surface area contributed by atoms with Gasteiger partial charge in [-0.2, -0.15) is 0 Å². The van der Waals surface area contributed by atoms with Gasteiger partial charge in [0.05, 0.1) is 5.52 Å². The summed E-state index contributed by atoms with van der Waals surface area (Å²) in [6, 6.07) is 10.1. The Kier molecular flexibility index (Phi) is 5.00. The number of carboxylic acid groups (broad SMARTS) is 1. The van der Waals surface area contributed by atoms with Crippen LogP contribution in [0.15, 0.2) is 35.1 Å². The molecule has 2 aromatic rings. The van der Waals surface area contributed by atoms with Crippen LogP contribution in [0.25, 0.3) is 10.9 Å². The van der Waals surface area contributed by atoms with Crippen molar-refractivity contribution in [3.8, 4) is 0 Å². The smallest absolute Gasteiger partial charge is 0.303 e. The molecule has 128 valence electrons. The molecular formula is C19H24N2O3. The Morgan fingerprint density at radius 1 is 1.29 bits per heavy atom. The molecule has 0 saturated carbocycles. The number of pyridine rings is 1. The highest BCUT2D eigenvalue weighted by molar-refractivity contribution is 5.79. The molecule has 1 aromatic heterocycles. The van der Waals surface area contributed by atoms with Gasteiger partial charge in [-0.15, -0.1) is 0 Å². The molecule has 1 fully saturated rings. The highest BCUT2D eigenvalue weighted by atomic mass is 16.4. The van der Waals surface area contributed by atoms with Gasteiger partial charge in [0.2, 0.25) is 0 Å². The molecule has 1 aliphatic heterocycles. The lowest BCUT2D eigenvalue weighted by molar-refractivity contribution is -0.137. The van der Waals surface area contributed by atoms with Crippen LogP contribution in [0.1, 0.15) is 37.7 Å². The van der Waals surface area contributed by atoms with E-state index in [1.807, 2.05) is 37.4 Å². The number of hydrogen-bond donors (Lipinski definition) is 1. The van der Waals surface area contributed by atoms with Gasteiger partial charge in [0.1, 0.15) is 0 Å². The summed E-state index contributed by atoms with van der Waals surface area (Å²) in [5, 5.41) is 10.0. The number of carbonyl (C=O) groups is 1. The highest BCUT2D eigenvalue weighted by Gasteiger charge is 2.24. The van der Waals surface area contributed by atoms with Crippen LogP contribution < -0.4 is 5.56 Å². The third-order valence-corrected chi connectivity index (χ3v) is 5.02. The second-order valence-electron chi connectivity index (χ2n) is 6.65. The number of fused-ring (bicyclic) bond motifs is 1. The summed E-state index contributed by atoms with van der Waals surface area (Å²) in [5.41, 5.74) is 1.77. The van der Waals surface area contributed by atoms with E-state index in [1.165, 1.54) is 0 Å². The van der Waals surface area contributed by atoms with E-state index < -0.39 is 5.97 Å². The third-order valence-electron chi connectivity index (χ3n) is 5.02. The standard InChI is InChI=1S/C19H24N2O3/c1-20-17-8-3-2-6-14(17)12-15(19(20)24)13-21-11-5-4-7-16(21)9-10-18(22)23/h2-3,6,8,12,16H,4-5,7,9-11,13H2,1H3,(H,22,23)/t16-/m1/s1. The van der Waals surface area contributed by atoms with E-state index in [0.717, 1.165) is 42.3 Å². The van der Waals surface area contributed by atoms with E-state index in [-0.39, 0.29) is 18.0 Å². The first-order chi connectivity index (χ1) is 11.6. The van der Waals surface area contributed by atoms with Gasteiger partial charge in [0.25, 0.3) is 5.56 Å². The van der Waals surface area contributed by atoms with E-state index in [2.05, 4.69) is 4.90 Å². The summed E-state index contributed by atoms with van der Waals surface area (Å²) in [5.74, 6) is -0.748. The summed E-state index contributed by atoms with van der Waals surface area (Å²) < 4.78 is 1.71. The second kappa shape index (κ2) is 7.18.